The Bertz CT molecular complexity index is 989. The highest BCUT2D eigenvalue weighted by molar-refractivity contribution is 5.89. The molecule has 2 aromatic carbocycles. The van der Waals surface area contributed by atoms with Crippen molar-refractivity contribution in [2.45, 2.75) is 13.1 Å². The highest BCUT2D eigenvalue weighted by atomic mass is 19.4. The molecule has 9 heteroatoms. The molecular formula is C19H14F4N4O. The van der Waals surface area contributed by atoms with Crippen molar-refractivity contribution in [3.8, 4) is 22.4 Å². The van der Waals surface area contributed by atoms with Crippen LogP contribution in [0.15, 0.2) is 54.6 Å². The van der Waals surface area contributed by atoms with Gasteiger partial charge in [-0.15, -0.1) is 0 Å². The number of amides is 1. The molecule has 0 saturated heterocycles. The first kappa shape index (κ1) is 19.3. The Balaban J connectivity index is 2.31. The zero-order chi connectivity index (χ0) is 20.3. The summed E-state index contributed by atoms with van der Waals surface area (Å²) in [5.41, 5.74) is 5.61. The molecule has 3 aromatic rings. The van der Waals surface area contributed by atoms with Crippen LogP contribution in [-0.2, 0) is 11.0 Å². The lowest BCUT2D eigenvalue weighted by Crippen LogP contribution is -2.28. The van der Waals surface area contributed by atoms with Gasteiger partial charge in [0.15, 0.2) is 5.82 Å². The fourth-order valence-corrected chi connectivity index (χ4v) is 2.52. The molecule has 5 nitrogen and oxygen atoms in total. The van der Waals surface area contributed by atoms with Gasteiger partial charge in [0.1, 0.15) is 5.82 Å². The molecule has 0 saturated carbocycles. The topological polar surface area (TPSA) is 66.9 Å². The molecule has 0 fully saturated rings. The SMILES string of the molecule is CC(=O)NNc1nc(C(F)(F)F)nc(-c2ccc(F)cc2)c1-c1ccccc1. The smallest absolute Gasteiger partial charge is 0.281 e. The van der Waals surface area contributed by atoms with Crippen molar-refractivity contribution in [2.75, 3.05) is 5.43 Å². The van der Waals surface area contributed by atoms with E-state index in [1.54, 1.807) is 30.3 Å². The number of hydrazine groups is 1. The molecule has 2 N–H and O–H groups in total. The summed E-state index contributed by atoms with van der Waals surface area (Å²) in [5, 5.41) is 0. The van der Waals surface area contributed by atoms with Crippen LogP contribution in [0.2, 0.25) is 0 Å². The number of rotatable bonds is 4. The Kier molecular flexibility index (Phi) is 5.25. The van der Waals surface area contributed by atoms with Crippen molar-refractivity contribution in [1.82, 2.24) is 15.4 Å². The second-order valence-corrected chi connectivity index (χ2v) is 5.80. The molecule has 3 rings (SSSR count). The Hall–Kier alpha value is -3.49. The Morgan fingerprint density at radius 2 is 1.57 bits per heavy atom. The fraction of sp³-hybridized carbons (Fsp3) is 0.105. The molecule has 28 heavy (non-hydrogen) atoms. The first-order valence-electron chi connectivity index (χ1n) is 8.09. The minimum absolute atomic E-state index is 0.0543. The van der Waals surface area contributed by atoms with Gasteiger partial charge in [-0.1, -0.05) is 30.3 Å². The molecule has 1 aromatic heterocycles. The zero-order valence-corrected chi connectivity index (χ0v) is 14.5. The molecule has 0 aliphatic heterocycles. The van der Waals surface area contributed by atoms with Gasteiger partial charge < -0.3 is 0 Å². The summed E-state index contributed by atoms with van der Waals surface area (Å²) in [7, 11) is 0. The van der Waals surface area contributed by atoms with Gasteiger partial charge >= 0.3 is 6.18 Å². The second-order valence-electron chi connectivity index (χ2n) is 5.80. The van der Waals surface area contributed by atoms with Crippen LogP contribution in [0.3, 0.4) is 0 Å². The lowest BCUT2D eigenvalue weighted by molar-refractivity contribution is -0.144. The predicted molar refractivity (Wildman–Crippen MR) is 95.3 cm³/mol. The van der Waals surface area contributed by atoms with Gasteiger partial charge in [-0.25, -0.2) is 14.4 Å². The molecule has 1 amide bonds. The number of hydrogen-bond donors (Lipinski definition) is 2. The summed E-state index contributed by atoms with van der Waals surface area (Å²) >= 11 is 0. The van der Waals surface area contributed by atoms with Gasteiger partial charge in [-0.2, -0.15) is 13.2 Å². The van der Waals surface area contributed by atoms with Crippen LogP contribution in [0.1, 0.15) is 12.7 Å². The third-order valence-electron chi connectivity index (χ3n) is 3.70. The number of benzene rings is 2. The van der Waals surface area contributed by atoms with E-state index < -0.39 is 23.7 Å². The number of aromatic nitrogens is 2. The molecule has 0 radical (unpaired) electrons. The predicted octanol–water partition coefficient (Wildman–Crippen LogP) is 4.43. The van der Waals surface area contributed by atoms with E-state index in [0.717, 1.165) is 12.1 Å². The van der Waals surface area contributed by atoms with Crippen molar-refractivity contribution in [1.29, 1.82) is 0 Å². The molecule has 0 unspecified atom stereocenters. The van der Waals surface area contributed by atoms with E-state index in [-0.39, 0.29) is 22.6 Å². The molecule has 0 bridgehead atoms. The molecule has 0 aliphatic rings. The van der Waals surface area contributed by atoms with Gasteiger partial charge in [-0.3, -0.25) is 15.6 Å². The summed E-state index contributed by atoms with van der Waals surface area (Å²) < 4.78 is 53.4. The van der Waals surface area contributed by atoms with Gasteiger partial charge in [0.2, 0.25) is 11.7 Å². The summed E-state index contributed by atoms with van der Waals surface area (Å²) in [4.78, 5) is 18.5. The Morgan fingerprint density at radius 3 is 2.14 bits per heavy atom. The van der Waals surface area contributed by atoms with E-state index in [0.29, 0.717) is 5.56 Å². The normalized spacial score (nSPS) is 11.2. The van der Waals surface area contributed by atoms with Crippen molar-refractivity contribution in [3.05, 3.63) is 66.2 Å². The summed E-state index contributed by atoms with van der Waals surface area (Å²) in [5.74, 6) is -2.68. The van der Waals surface area contributed by atoms with Crippen molar-refractivity contribution in [2.24, 2.45) is 0 Å². The van der Waals surface area contributed by atoms with E-state index in [9.17, 15) is 22.4 Å². The van der Waals surface area contributed by atoms with Crippen LogP contribution in [0.4, 0.5) is 23.4 Å². The number of nitrogens with one attached hydrogen (secondary N) is 2. The summed E-state index contributed by atoms with van der Waals surface area (Å²) in [6, 6.07) is 13.4. The van der Waals surface area contributed by atoms with Crippen LogP contribution >= 0.6 is 0 Å². The highest BCUT2D eigenvalue weighted by Crippen LogP contribution is 2.38. The van der Waals surface area contributed by atoms with Gasteiger partial charge in [0.25, 0.3) is 0 Å². The van der Waals surface area contributed by atoms with Crippen LogP contribution in [0, 0.1) is 5.82 Å². The maximum Gasteiger partial charge on any atom is 0.451 e. The Labute approximate surface area is 157 Å². The number of nitrogens with zero attached hydrogens (tertiary/aromatic N) is 2. The second kappa shape index (κ2) is 7.63. The van der Waals surface area contributed by atoms with E-state index in [2.05, 4.69) is 20.8 Å². The zero-order valence-electron chi connectivity index (χ0n) is 14.5. The number of hydrogen-bond acceptors (Lipinski definition) is 4. The van der Waals surface area contributed by atoms with E-state index in [4.69, 9.17) is 0 Å². The monoisotopic (exact) mass is 390 g/mol. The third kappa shape index (κ3) is 4.25. The number of alkyl halides is 3. The first-order valence-corrected chi connectivity index (χ1v) is 8.09. The van der Waals surface area contributed by atoms with Gasteiger partial charge in [0.05, 0.1) is 11.3 Å². The van der Waals surface area contributed by atoms with E-state index in [1.807, 2.05) is 0 Å². The van der Waals surface area contributed by atoms with Crippen LogP contribution < -0.4 is 10.9 Å². The Morgan fingerprint density at radius 1 is 0.929 bits per heavy atom. The van der Waals surface area contributed by atoms with Gasteiger partial charge in [-0.05, 0) is 29.8 Å². The quantitative estimate of drug-likeness (QED) is 0.511. The average molecular weight is 390 g/mol. The number of carbonyl (C=O) groups is 1. The van der Waals surface area contributed by atoms with Crippen molar-refractivity contribution in [3.63, 3.8) is 0 Å². The van der Waals surface area contributed by atoms with E-state index in [1.165, 1.54) is 19.1 Å². The molecule has 0 aliphatic carbocycles. The van der Waals surface area contributed by atoms with E-state index >= 15 is 0 Å². The standard InChI is InChI=1S/C19H14F4N4O/c1-11(28)26-27-17-15(12-5-3-2-4-6-12)16(13-7-9-14(20)10-8-13)24-18(25-17)19(21,22)23/h2-10H,1H3,(H,26,28)(H,24,25,27). The minimum atomic E-state index is -4.82. The largest absolute Gasteiger partial charge is 0.451 e. The highest BCUT2D eigenvalue weighted by Gasteiger charge is 2.36. The summed E-state index contributed by atoms with van der Waals surface area (Å²) in [6.07, 6.45) is -4.82. The van der Waals surface area contributed by atoms with Crippen LogP contribution in [0.5, 0.6) is 0 Å². The molecule has 144 valence electrons. The van der Waals surface area contributed by atoms with Crippen LogP contribution in [-0.4, -0.2) is 15.9 Å². The first-order chi connectivity index (χ1) is 13.3. The maximum absolute atomic E-state index is 13.4. The molecule has 0 atom stereocenters. The number of carbonyl (C=O) groups excluding carboxylic acids is 1. The number of halogens is 4. The maximum atomic E-state index is 13.4. The fourth-order valence-electron chi connectivity index (χ4n) is 2.52. The molecular weight excluding hydrogens is 376 g/mol. The molecule has 0 spiro atoms. The van der Waals surface area contributed by atoms with Crippen LogP contribution in [0.25, 0.3) is 22.4 Å². The average Bonchev–Trinajstić information content (AvgIpc) is 2.66. The van der Waals surface area contributed by atoms with Crippen molar-refractivity contribution < 1.29 is 22.4 Å². The number of anilines is 1. The van der Waals surface area contributed by atoms with Crippen molar-refractivity contribution >= 4 is 11.7 Å². The summed E-state index contributed by atoms with van der Waals surface area (Å²) in [6.45, 7) is 1.20. The molecule has 1 heterocycles. The lowest BCUT2D eigenvalue weighted by Gasteiger charge is -2.18. The van der Waals surface area contributed by atoms with Gasteiger partial charge in [0, 0.05) is 12.5 Å². The third-order valence-corrected chi connectivity index (χ3v) is 3.70. The lowest BCUT2D eigenvalue weighted by atomic mass is 9.99. The minimum Gasteiger partial charge on any atom is -0.281 e.